The van der Waals surface area contributed by atoms with Crippen LogP contribution < -0.4 is 10.1 Å². The van der Waals surface area contributed by atoms with Crippen molar-refractivity contribution in [2.75, 3.05) is 25.1 Å². The molecular weight excluding hydrogens is 386 g/mol. The number of alkyl halides is 6. The lowest BCUT2D eigenvalue weighted by atomic mass is 10.1. The monoisotopic (exact) mass is 398 g/mol. The number of amides is 2. The predicted octanol–water partition coefficient (Wildman–Crippen LogP) is 2.30. The molecule has 1 aromatic carbocycles. The number of imide groups is 1. The molecule has 1 heterocycles. The van der Waals surface area contributed by atoms with Crippen molar-refractivity contribution in [3.63, 3.8) is 0 Å². The Balaban J connectivity index is 2.33. The van der Waals surface area contributed by atoms with Crippen molar-refractivity contribution in [3.8, 4) is 5.75 Å². The van der Waals surface area contributed by atoms with Crippen LogP contribution in [-0.4, -0.2) is 47.8 Å². The maximum absolute atomic E-state index is 12.9. The van der Waals surface area contributed by atoms with Crippen LogP contribution in [-0.2, 0) is 15.8 Å². The molecule has 2 amide bonds. The van der Waals surface area contributed by atoms with Gasteiger partial charge in [-0.3, -0.25) is 14.5 Å². The van der Waals surface area contributed by atoms with Crippen LogP contribution in [0, 0.1) is 0 Å². The van der Waals surface area contributed by atoms with E-state index in [4.69, 9.17) is 5.11 Å². The van der Waals surface area contributed by atoms with Gasteiger partial charge in [0.1, 0.15) is 11.4 Å². The Morgan fingerprint density at radius 3 is 2.33 bits per heavy atom. The molecule has 0 radical (unpaired) electrons. The number of ether oxygens (including phenoxy) is 1. The van der Waals surface area contributed by atoms with Crippen molar-refractivity contribution in [1.29, 1.82) is 0 Å². The highest BCUT2D eigenvalue weighted by Crippen LogP contribution is 2.36. The first kappa shape index (κ1) is 20.6. The van der Waals surface area contributed by atoms with Gasteiger partial charge in [0.15, 0.2) is 6.61 Å². The molecule has 2 N–H and O–H groups in total. The molecule has 1 aliphatic heterocycles. The zero-order chi connectivity index (χ0) is 20.4. The average Bonchev–Trinajstić information content (AvgIpc) is 2.80. The highest BCUT2D eigenvalue weighted by Gasteiger charge is 2.34. The minimum absolute atomic E-state index is 0.348. The van der Waals surface area contributed by atoms with Crippen molar-refractivity contribution in [2.45, 2.75) is 12.4 Å². The Hall–Kier alpha value is -2.76. The summed E-state index contributed by atoms with van der Waals surface area (Å²) in [5.74, 6) is -2.38. The molecule has 0 aromatic heterocycles. The van der Waals surface area contributed by atoms with Gasteiger partial charge in [0.05, 0.1) is 24.4 Å². The number of carbonyl (C=O) groups is 2. The van der Waals surface area contributed by atoms with Crippen molar-refractivity contribution in [3.05, 3.63) is 35.5 Å². The molecule has 12 heteroatoms. The van der Waals surface area contributed by atoms with E-state index >= 15 is 0 Å². The van der Waals surface area contributed by atoms with Crippen LogP contribution in [0.3, 0.4) is 0 Å². The number of β-amino-alcohol motifs (C(OH)–C–C–N with tert-alkyl or cyclic N) is 1. The SMILES string of the molecule is O=C1C=C(Nc2cc(C(F)(F)F)ccc2OCC(F)(F)F)C(=O)N1CCO. The molecule has 6 nitrogen and oxygen atoms in total. The van der Waals surface area contributed by atoms with Gasteiger partial charge >= 0.3 is 12.4 Å². The summed E-state index contributed by atoms with van der Waals surface area (Å²) in [6.07, 6.45) is -8.78. The maximum atomic E-state index is 12.9. The average molecular weight is 398 g/mol. The first-order chi connectivity index (χ1) is 12.4. The fourth-order valence-electron chi connectivity index (χ4n) is 2.14. The Morgan fingerprint density at radius 1 is 1.11 bits per heavy atom. The van der Waals surface area contributed by atoms with E-state index in [1.807, 2.05) is 0 Å². The first-order valence-electron chi connectivity index (χ1n) is 7.28. The third-order valence-electron chi connectivity index (χ3n) is 3.30. The second kappa shape index (κ2) is 7.47. The van der Waals surface area contributed by atoms with Crippen LogP contribution in [0.5, 0.6) is 5.75 Å². The van der Waals surface area contributed by atoms with E-state index in [1.54, 1.807) is 0 Å². The number of hydrogen-bond acceptors (Lipinski definition) is 5. The van der Waals surface area contributed by atoms with Gasteiger partial charge in [-0.25, -0.2) is 0 Å². The van der Waals surface area contributed by atoms with Gasteiger partial charge in [0, 0.05) is 6.08 Å². The highest BCUT2D eigenvalue weighted by atomic mass is 19.4. The minimum atomic E-state index is -4.80. The van der Waals surface area contributed by atoms with Crippen molar-refractivity contribution in [2.24, 2.45) is 0 Å². The number of nitrogens with one attached hydrogen (secondary N) is 1. The predicted molar refractivity (Wildman–Crippen MR) is 78.5 cm³/mol. The third kappa shape index (κ3) is 5.12. The van der Waals surface area contributed by atoms with Crippen LogP contribution >= 0.6 is 0 Å². The van der Waals surface area contributed by atoms with Gasteiger partial charge in [-0.2, -0.15) is 26.3 Å². The quantitative estimate of drug-likeness (QED) is 0.568. The van der Waals surface area contributed by atoms with Gasteiger partial charge in [0.25, 0.3) is 11.8 Å². The molecule has 0 saturated carbocycles. The Labute approximate surface area is 148 Å². The molecule has 0 aliphatic carbocycles. The summed E-state index contributed by atoms with van der Waals surface area (Å²) in [6, 6.07) is 1.65. The lowest BCUT2D eigenvalue weighted by Gasteiger charge is -2.17. The zero-order valence-corrected chi connectivity index (χ0v) is 13.3. The van der Waals surface area contributed by atoms with Gasteiger partial charge in [0.2, 0.25) is 0 Å². The summed E-state index contributed by atoms with van der Waals surface area (Å²) in [5, 5.41) is 11.0. The number of carbonyl (C=O) groups excluding carboxylic acids is 2. The van der Waals surface area contributed by atoms with Gasteiger partial charge in [-0.05, 0) is 18.2 Å². The summed E-state index contributed by atoms with van der Waals surface area (Å²) in [7, 11) is 0. The zero-order valence-electron chi connectivity index (χ0n) is 13.3. The highest BCUT2D eigenvalue weighted by molar-refractivity contribution is 6.17. The smallest absolute Gasteiger partial charge is 0.422 e. The fourth-order valence-corrected chi connectivity index (χ4v) is 2.14. The summed E-state index contributed by atoms with van der Waals surface area (Å²) in [6.45, 7) is -2.66. The normalized spacial score (nSPS) is 15.2. The van der Waals surface area contributed by atoms with E-state index in [1.165, 1.54) is 0 Å². The topological polar surface area (TPSA) is 78.9 Å². The van der Waals surface area contributed by atoms with Crippen LogP contribution in [0.15, 0.2) is 30.0 Å². The molecule has 0 saturated heterocycles. The van der Waals surface area contributed by atoms with E-state index in [9.17, 15) is 35.9 Å². The summed E-state index contributed by atoms with van der Waals surface area (Å²) >= 11 is 0. The maximum Gasteiger partial charge on any atom is 0.422 e. The molecule has 0 fully saturated rings. The van der Waals surface area contributed by atoms with Crippen LogP contribution in [0.25, 0.3) is 0 Å². The number of rotatable bonds is 6. The standard InChI is InChI=1S/C15H12F6N2O4/c16-14(17,18)7-27-11-2-1-8(15(19,20)21)5-9(11)22-10-6-12(25)23(3-4-24)13(10)26/h1-2,5-6,22,24H,3-4,7H2. The molecule has 0 bridgehead atoms. The van der Waals surface area contributed by atoms with E-state index in [0.29, 0.717) is 23.1 Å². The van der Waals surface area contributed by atoms with Crippen LogP contribution in [0.2, 0.25) is 0 Å². The third-order valence-corrected chi connectivity index (χ3v) is 3.30. The first-order valence-corrected chi connectivity index (χ1v) is 7.28. The number of aliphatic hydroxyl groups excluding tert-OH is 1. The van der Waals surface area contributed by atoms with E-state index in [0.717, 1.165) is 6.08 Å². The summed E-state index contributed by atoms with van der Waals surface area (Å²) < 4.78 is 80.1. The molecule has 0 atom stereocenters. The van der Waals surface area contributed by atoms with Crippen LogP contribution in [0.1, 0.15) is 5.56 Å². The number of benzene rings is 1. The van der Waals surface area contributed by atoms with E-state index < -0.39 is 60.1 Å². The van der Waals surface area contributed by atoms with Gasteiger partial charge < -0.3 is 15.2 Å². The lowest BCUT2D eigenvalue weighted by molar-refractivity contribution is -0.153. The molecule has 1 aromatic rings. The van der Waals surface area contributed by atoms with Gasteiger partial charge in [-0.1, -0.05) is 0 Å². The number of hydrogen-bond donors (Lipinski definition) is 2. The fraction of sp³-hybridized carbons (Fsp3) is 0.333. The van der Waals surface area contributed by atoms with Crippen LogP contribution in [0.4, 0.5) is 32.0 Å². The molecule has 148 valence electrons. The molecule has 1 aliphatic rings. The molecule has 27 heavy (non-hydrogen) atoms. The second-order valence-corrected chi connectivity index (χ2v) is 5.31. The van der Waals surface area contributed by atoms with Crippen molar-refractivity contribution < 1.29 is 45.8 Å². The van der Waals surface area contributed by atoms with Crippen molar-refractivity contribution in [1.82, 2.24) is 4.90 Å². The Kier molecular flexibility index (Phi) is 5.68. The number of nitrogens with zero attached hydrogens (tertiary/aromatic N) is 1. The summed E-state index contributed by atoms with van der Waals surface area (Å²) in [4.78, 5) is 24.3. The van der Waals surface area contributed by atoms with Crippen molar-refractivity contribution >= 4 is 17.5 Å². The van der Waals surface area contributed by atoms with E-state index in [2.05, 4.69) is 10.1 Å². The summed E-state index contributed by atoms with van der Waals surface area (Å²) in [5.41, 5.74) is -2.24. The number of halogens is 6. The lowest BCUT2D eigenvalue weighted by Crippen LogP contribution is -2.34. The van der Waals surface area contributed by atoms with Gasteiger partial charge in [-0.15, -0.1) is 0 Å². The number of aliphatic hydroxyl groups is 1. The molecular formula is C15H12F6N2O4. The second-order valence-electron chi connectivity index (χ2n) is 5.31. The Bertz CT molecular complexity index is 773. The largest absolute Gasteiger partial charge is 0.482 e. The molecule has 0 spiro atoms. The van der Waals surface area contributed by atoms with E-state index in [-0.39, 0.29) is 6.54 Å². The molecule has 2 rings (SSSR count). The molecule has 0 unspecified atom stereocenters. The Morgan fingerprint density at radius 2 is 1.78 bits per heavy atom. The minimum Gasteiger partial charge on any atom is -0.482 e. The number of anilines is 1.